The molecule has 1 amide bonds. The Kier molecular flexibility index (Phi) is 6.95. The number of halogens is 2. The van der Waals surface area contributed by atoms with E-state index >= 15 is 0 Å². The average Bonchev–Trinajstić information content (AvgIpc) is 3.32. The van der Waals surface area contributed by atoms with Crippen LogP contribution in [-0.4, -0.2) is 39.9 Å². The van der Waals surface area contributed by atoms with Crippen LogP contribution in [0.4, 0.5) is 14.5 Å². The van der Waals surface area contributed by atoms with Gasteiger partial charge in [-0.25, -0.2) is 26.9 Å². The summed E-state index contributed by atoms with van der Waals surface area (Å²) in [5.41, 5.74) is -0.878. The Balaban J connectivity index is 1.58. The first-order valence-corrected chi connectivity index (χ1v) is 12.4. The maximum absolute atomic E-state index is 14.6. The van der Waals surface area contributed by atoms with E-state index in [9.17, 15) is 27.1 Å². The van der Waals surface area contributed by atoms with E-state index in [2.05, 4.69) is 15.4 Å². The number of aliphatic hydroxyl groups is 1. The highest BCUT2D eigenvalue weighted by molar-refractivity contribution is 7.91. The van der Waals surface area contributed by atoms with Crippen LogP contribution in [-0.2, 0) is 22.0 Å². The molecule has 4 aromatic rings. The van der Waals surface area contributed by atoms with Gasteiger partial charge in [-0.3, -0.25) is 4.79 Å². The van der Waals surface area contributed by atoms with Crippen molar-refractivity contribution in [3.05, 3.63) is 108 Å². The number of carbonyl (C=O) groups excluding carboxylic acids is 1. The molecular formula is C25H22F2N4O4S. The Hall–Kier alpha value is -3.96. The number of aromatic nitrogens is 3. The van der Waals surface area contributed by atoms with Gasteiger partial charge in [0.1, 0.15) is 29.9 Å². The number of benzene rings is 3. The summed E-state index contributed by atoms with van der Waals surface area (Å²) in [6.45, 7) is 1.46. The number of amides is 1. The van der Waals surface area contributed by atoms with Crippen LogP contribution in [0.2, 0.25) is 0 Å². The van der Waals surface area contributed by atoms with Crippen molar-refractivity contribution < 1.29 is 27.1 Å². The Labute approximate surface area is 206 Å². The molecule has 1 heterocycles. The minimum Gasteiger partial charge on any atom is -0.382 e. The van der Waals surface area contributed by atoms with E-state index in [4.69, 9.17) is 0 Å². The summed E-state index contributed by atoms with van der Waals surface area (Å²) in [6.07, 6.45) is 2.42. The fourth-order valence-electron chi connectivity index (χ4n) is 3.71. The zero-order valence-electron chi connectivity index (χ0n) is 19.1. The largest absolute Gasteiger partial charge is 0.382 e. The molecule has 2 N–H and O–H groups in total. The van der Waals surface area contributed by atoms with E-state index in [1.54, 1.807) is 24.3 Å². The summed E-state index contributed by atoms with van der Waals surface area (Å²) in [6, 6.07) is 14.8. The molecule has 0 saturated carbocycles. The maximum Gasteiger partial charge on any atom is 0.255 e. The summed E-state index contributed by atoms with van der Waals surface area (Å²) in [7, 11) is -4.18. The molecule has 0 aliphatic rings. The fourth-order valence-corrected chi connectivity index (χ4v) is 5.30. The van der Waals surface area contributed by atoms with Gasteiger partial charge >= 0.3 is 0 Å². The molecule has 0 bridgehead atoms. The van der Waals surface area contributed by atoms with Gasteiger partial charge in [-0.15, -0.1) is 0 Å². The quantitative estimate of drug-likeness (QED) is 0.374. The minimum absolute atomic E-state index is 0.157. The molecule has 0 aliphatic carbocycles. The number of hydrogen-bond acceptors (Lipinski definition) is 6. The number of carbonyl (C=O) groups is 1. The van der Waals surface area contributed by atoms with Crippen molar-refractivity contribution in [2.24, 2.45) is 0 Å². The summed E-state index contributed by atoms with van der Waals surface area (Å²) >= 11 is 0. The van der Waals surface area contributed by atoms with E-state index in [0.717, 1.165) is 22.4 Å². The predicted octanol–water partition coefficient (Wildman–Crippen LogP) is 3.48. The lowest BCUT2D eigenvalue weighted by atomic mass is 9.95. The van der Waals surface area contributed by atoms with Crippen LogP contribution in [0, 0.1) is 18.6 Å². The SMILES string of the molecule is Cc1ccc(C(=O)Nc2ccc(S(=O)(=O)CC(O)(Cn3cncn3)c3ccc(F)cc3F)cc2)cc1. The van der Waals surface area contributed by atoms with Gasteiger partial charge in [-0.05, 0) is 49.4 Å². The van der Waals surface area contributed by atoms with Crippen molar-refractivity contribution in [3.8, 4) is 0 Å². The van der Waals surface area contributed by atoms with Crippen LogP contribution in [0.15, 0.2) is 84.3 Å². The van der Waals surface area contributed by atoms with Crippen molar-refractivity contribution in [3.63, 3.8) is 0 Å². The van der Waals surface area contributed by atoms with E-state index in [0.29, 0.717) is 17.3 Å². The molecule has 4 rings (SSSR count). The van der Waals surface area contributed by atoms with Gasteiger partial charge in [0, 0.05) is 22.9 Å². The van der Waals surface area contributed by atoms with Gasteiger partial charge in [-0.1, -0.05) is 23.8 Å². The zero-order chi connectivity index (χ0) is 25.9. The third kappa shape index (κ3) is 5.64. The van der Waals surface area contributed by atoms with Crippen LogP contribution >= 0.6 is 0 Å². The molecule has 0 saturated heterocycles. The first-order valence-electron chi connectivity index (χ1n) is 10.8. The number of anilines is 1. The first-order chi connectivity index (χ1) is 17.1. The second kappa shape index (κ2) is 9.96. The molecule has 0 fully saturated rings. The molecule has 0 aliphatic heterocycles. The smallest absolute Gasteiger partial charge is 0.255 e. The predicted molar refractivity (Wildman–Crippen MR) is 128 cm³/mol. The number of rotatable bonds is 8. The van der Waals surface area contributed by atoms with Gasteiger partial charge in [-0.2, -0.15) is 5.10 Å². The second-order valence-corrected chi connectivity index (χ2v) is 10.3. The molecule has 36 heavy (non-hydrogen) atoms. The van der Waals surface area contributed by atoms with Gasteiger partial charge in [0.15, 0.2) is 9.84 Å². The lowest BCUT2D eigenvalue weighted by Gasteiger charge is -2.28. The van der Waals surface area contributed by atoms with Crippen LogP contribution in [0.25, 0.3) is 0 Å². The van der Waals surface area contributed by atoms with Crippen molar-refractivity contribution in [1.82, 2.24) is 14.8 Å². The Bertz CT molecular complexity index is 1480. The van der Waals surface area contributed by atoms with Crippen molar-refractivity contribution in [2.45, 2.75) is 24.0 Å². The Morgan fingerprint density at radius 3 is 2.36 bits per heavy atom. The lowest BCUT2D eigenvalue weighted by molar-refractivity contribution is 0.0343. The van der Waals surface area contributed by atoms with Crippen molar-refractivity contribution in [1.29, 1.82) is 0 Å². The van der Waals surface area contributed by atoms with Crippen LogP contribution in [0.1, 0.15) is 21.5 Å². The third-order valence-electron chi connectivity index (χ3n) is 5.54. The topological polar surface area (TPSA) is 114 Å². The molecule has 1 aromatic heterocycles. The molecule has 11 heteroatoms. The highest BCUT2D eigenvalue weighted by Crippen LogP contribution is 2.31. The van der Waals surface area contributed by atoms with Gasteiger partial charge < -0.3 is 10.4 Å². The number of hydrogen-bond donors (Lipinski definition) is 2. The van der Waals surface area contributed by atoms with Crippen molar-refractivity contribution >= 4 is 21.4 Å². The monoisotopic (exact) mass is 512 g/mol. The minimum atomic E-state index is -4.18. The van der Waals surface area contributed by atoms with Crippen LogP contribution in [0.5, 0.6) is 0 Å². The summed E-state index contributed by atoms with van der Waals surface area (Å²) in [5.74, 6) is -3.25. The molecule has 186 valence electrons. The fraction of sp³-hybridized carbons (Fsp3) is 0.160. The highest BCUT2D eigenvalue weighted by Gasteiger charge is 2.39. The molecular weight excluding hydrogens is 490 g/mol. The second-order valence-electron chi connectivity index (χ2n) is 8.35. The molecule has 1 unspecified atom stereocenters. The standard InChI is InChI=1S/C25H22F2N4O4S/c1-17-2-4-18(5-3-17)24(32)30-20-7-9-21(10-8-20)36(34,35)14-25(33,13-31-16-28-15-29-31)22-11-6-19(26)12-23(22)27/h2-12,15-16,33H,13-14H2,1H3,(H,30,32). The zero-order valence-corrected chi connectivity index (χ0v) is 19.9. The van der Waals surface area contributed by atoms with E-state index < -0.39 is 44.9 Å². The van der Waals surface area contributed by atoms with Gasteiger partial charge in [0.05, 0.1) is 17.2 Å². The molecule has 1 atom stereocenters. The summed E-state index contributed by atoms with van der Waals surface area (Å²) < 4.78 is 55.7. The normalized spacial score (nSPS) is 13.2. The third-order valence-corrected chi connectivity index (χ3v) is 7.38. The van der Waals surface area contributed by atoms with Gasteiger partial charge in [0.2, 0.25) is 0 Å². The van der Waals surface area contributed by atoms with E-state index in [-0.39, 0.29) is 10.8 Å². The molecule has 3 aromatic carbocycles. The number of sulfone groups is 1. The van der Waals surface area contributed by atoms with E-state index in [1.807, 2.05) is 6.92 Å². The number of nitrogens with zero attached hydrogens (tertiary/aromatic N) is 3. The summed E-state index contributed by atoms with van der Waals surface area (Å²) in [4.78, 5) is 16.0. The molecule has 8 nitrogen and oxygen atoms in total. The average molecular weight is 513 g/mol. The van der Waals surface area contributed by atoms with Crippen LogP contribution in [0.3, 0.4) is 0 Å². The van der Waals surface area contributed by atoms with Crippen LogP contribution < -0.4 is 5.32 Å². The molecule has 0 radical (unpaired) electrons. The highest BCUT2D eigenvalue weighted by atomic mass is 32.2. The Morgan fingerprint density at radius 1 is 1.06 bits per heavy atom. The van der Waals surface area contributed by atoms with E-state index in [1.165, 1.54) is 36.9 Å². The number of nitrogens with one attached hydrogen (secondary N) is 1. The maximum atomic E-state index is 14.6. The molecule has 0 spiro atoms. The van der Waals surface area contributed by atoms with Crippen molar-refractivity contribution in [2.75, 3.05) is 11.1 Å². The summed E-state index contributed by atoms with van der Waals surface area (Å²) in [5, 5.41) is 17.9. The Morgan fingerprint density at radius 2 is 1.75 bits per heavy atom. The lowest BCUT2D eigenvalue weighted by Crippen LogP contribution is -2.40. The number of aryl methyl sites for hydroxylation is 1. The first kappa shape index (κ1) is 25.1. The van der Waals surface area contributed by atoms with Gasteiger partial charge in [0.25, 0.3) is 5.91 Å².